The maximum absolute atomic E-state index is 2.62. The number of fused-ring (bicyclic) bond motifs is 3. The first-order valence-corrected chi connectivity index (χ1v) is 6.65. The molecule has 0 saturated heterocycles. The SMILES string of the molecule is C1=C2C(CCC1)CCC1CCCCC21. The van der Waals surface area contributed by atoms with Crippen LogP contribution in [0.5, 0.6) is 0 Å². The lowest BCUT2D eigenvalue weighted by Gasteiger charge is -2.43. The maximum Gasteiger partial charge on any atom is -0.0172 e. The summed E-state index contributed by atoms with van der Waals surface area (Å²) < 4.78 is 0. The molecule has 0 aromatic rings. The van der Waals surface area contributed by atoms with Crippen LogP contribution in [0.3, 0.4) is 0 Å². The van der Waals surface area contributed by atoms with Crippen LogP contribution in [0.4, 0.5) is 0 Å². The molecule has 0 aromatic heterocycles. The lowest BCUT2D eigenvalue weighted by molar-refractivity contribution is 0.183. The van der Waals surface area contributed by atoms with Gasteiger partial charge < -0.3 is 0 Å². The minimum Gasteiger partial charge on any atom is -0.0848 e. The predicted octanol–water partition coefficient (Wildman–Crippen LogP) is 4.31. The van der Waals surface area contributed by atoms with E-state index in [9.17, 15) is 0 Å². The summed E-state index contributed by atoms with van der Waals surface area (Å²) in [5.41, 5.74) is 1.91. The quantitative estimate of drug-likeness (QED) is 0.499. The molecule has 0 radical (unpaired) electrons. The van der Waals surface area contributed by atoms with Crippen molar-refractivity contribution >= 4 is 0 Å². The van der Waals surface area contributed by atoms with Crippen LogP contribution in [-0.2, 0) is 0 Å². The van der Waals surface area contributed by atoms with Crippen LogP contribution in [0.15, 0.2) is 11.6 Å². The molecule has 0 heteroatoms. The zero-order chi connectivity index (χ0) is 9.38. The first-order chi connectivity index (χ1) is 6.95. The van der Waals surface area contributed by atoms with Gasteiger partial charge in [0.25, 0.3) is 0 Å². The van der Waals surface area contributed by atoms with E-state index in [0.717, 1.165) is 17.8 Å². The Balaban J connectivity index is 1.83. The van der Waals surface area contributed by atoms with Gasteiger partial charge in [-0.05, 0) is 62.7 Å². The average molecular weight is 190 g/mol. The molecule has 0 bridgehead atoms. The summed E-state index contributed by atoms with van der Waals surface area (Å²) >= 11 is 0. The molecule has 3 aliphatic carbocycles. The summed E-state index contributed by atoms with van der Waals surface area (Å²) in [5, 5.41) is 0. The Labute approximate surface area is 87.8 Å². The normalized spacial score (nSPS) is 42.3. The highest BCUT2D eigenvalue weighted by atomic mass is 14.4. The van der Waals surface area contributed by atoms with E-state index in [0.29, 0.717) is 0 Å². The molecule has 3 aliphatic rings. The van der Waals surface area contributed by atoms with Gasteiger partial charge >= 0.3 is 0 Å². The summed E-state index contributed by atoms with van der Waals surface area (Å²) in [4.78, 5) is 0. The topological polar surface area (TPSA) is 0 Å². The van der Waals surface area contributed by atoms with E-state index in [-0.39, 0.29) is 0 Å². The molecule has 0 heterocycles. The van der Waals surface area contributed by atoms with Crippen LogP contribution >= 0.6 is 0 Å². The minimum absolute atomic E-state index is 1.02. The molecule has 14 heavy (non-hydrogen) atoms. The minimum atomic E-state index is 1.02. The van der Waals surface area contributed by atoms with Crippen molar-refractivity contribution in [1.82, 2.24) is 0 Å². The number of allylic oxidation sites excluding steroid dienone is 2. The van der Waals surface area contributed by atoms with E-state index in [1.165, 1.54) is 51.4 Å². The van der Waals surface area contributed by atoms with Crippen LogP contribution < -0.4 is 0 Å². The van der Waals surface area contributed by atoms with Crippen molar-refractivity contribution in [3.05, 3.63) is 11.6 Å². The Morgan fingerprint density at radius 1 is 0.857 bits per heavy atom. The third-order valence-electron chi connectivity index (χ3n) is 4.83. The molecule has 0 amide bonds. The molecule has 3 rings (SSSR count). The summed E-state index contributed by atoms with van der Waals surface area (Å²) in [6.07, 6.45) is 16.1. The van der Waals surface area contributed by atoms with E-state index in [1.54, 1.807) is 6.42 Å². The molecule has 3 unspecified atom stereocenters. The molecular weight excluding hydrogens is 168 g/mol. The smallest absolute Gasteiger partial charge is 0.0172 e. The van der Waals surface area contributed by atoms with Gasteiger partial charge in [0, 0.05) is 0 Å². The van der Waals surface area contributed by atoms with Gasteiger partial charge in [0.15, 0.2) is 0 Å². The van der Waals surface area contributed by atoms with Gasteiger partial charge in [-0.3, -0.25) is 0 Å². The molecule has 78 valence electrons. The van der Waals surface area contributed by atoms with Crippen molar-refractivity contribution in [3.63, 3.8) is 0 Å². The third-order valence-corrected chi connectivity index (χ3v) is 4.83. The lowest BCUT2D eigenvalue weighted by Crippen LogP contribution is -2.31. The highest BCUT2D eigenvalue weighted by Gasteiger charge is 2.36. The summed E-state index contributed by atoms with van der Waals surface area (Å²) in [6.45, 7) is 0. The largest absolute Gasteiger partial charge is 0.0848 e. The molecule has 0 nitrogen and oxygen atoms in total. The molecule has 0 spiro atoms. The third kappa shape index (κ3) is 1.43. The van der Waals surface area contributed by atoms with Gasteiger partial charge in [-0.15, -0.1) is 0 Å². The second-order valence-corrected chi connectivity index (χ2v) is 5.56. The molecular formula is C14H22. The Bertz CT molecular complexity index is 238. The predicted molar refractivity (Wildman–Crippen MR) is 60.1 cm³/mol. The molecule has 2 saturated carbocycles. The summed E-state index contributed by atoms with van der Waals surface area (Å²) in [6, 6.07) is 0. The summed E-state index contributed by atoms with van der Waals surface area (Å²) in [7, 11) is 0. The van der Waals surface area contributed by atoms with Crippen molar-refractivity contribution in [3.8, 4) is 0 Å². The molecule has 0 N–H and O–H groups in total. The van der Waals surface area contributed by atoms with Crippen LogP contribution in [0, 0.1) is 17.8 Å². The van der Waals surface area contributed by atoms with Gasteiger partial charge in [-0.1, -0.05) is 24.5 Å². The highest BCUT2D eigenvalue weighted by Crippen LogP contribution is 2.48. The Hall–Kier alpha value is -0.260. The number of rotatable bonds is 0. The van der Waals surface area contributed by atoms with Crippen LogP contribution in [0.2, 0.25) is 0 Å². The molecule has 0 aliphatic heterocycles. The molecule has 0 aromatic carbocycles. The fourth-order valence-corrected chi connectivity index (χ4v) is 4.14. The second-order valence-electron chi connectivity index (χ2n) is 5.56. The van der Waals surface area contributed by atoms with Crippen molar-refractivity contribution in [2.24, 2.45) is 17.8 Å². The average Bonchev–Trinajstić information content (AvgIpc) is 2.29. The Morgan fingerprint density at radius 3 is 2.79 bits per heavy atom. The lowest BCUT2D eigenvalue weighted by atomic mass is 9.62. The van der Waals surface area contributed by atoms with E-state index in [2.05, 4.69) is 6.08 Å². The van der Waals surface area contributed by atoms with Gasteiger partial charge in [-0.2, -0.15) is 0 Å². The van der Waals surface area contributed by atoms with Gasteiger partial charge in [-0.25, -0.2) is 0 Å². The van der Waals surface area contributed by atoms with Gasteiger partial charge in [0.05, 0.1) is 0 Å². The highest BCUT2D eigenvalue weighted by molar-refractivity contribution is 5.18. The van der Waals surface area contributed by atoms with E-state index >= 15 is 0 Å². The molecule has 3 atom stereocenters. The van der Waals surface area contributed by atoms with Gasteiger partial charge in [0.2, 0.25) is 0 Å². The fourth-order valence-electron chi connectivity index (χ4n) is 4.14. The Kier molecular flexibility index (Phi) is 2.39. The standard InChI is InChI=1S/C14H22/c1-3-7-13-11(5-1)9-10-12-6-2-4-8-14(12)13/h7,11-12,14H,1-6,8-10H2. The first-order valence-electron chi connectivity index (χ1n) is 6.65. The Morgan fingerprint density at radius 2 is 1.79 bits per heavy atom. The first kappa shape index (κ1) is 9.00. The number of hydrogen-bond donors (Lipinski definition) is 0. The van der Waals surface area contributed by atoms with Crippen molar-refractivity contribution in [2.45, 2.75) is 57.8 Å². The fraction of sp³-hybridized carbons (Fsp3) is 0.857. The van der Waals surface area contributed by atoms with Crippen molar-refractivity contribution < 1.29 is 0 Å². The maximum atomic E-state index is 2.62. The van der Waals surface area contributed by atoms with E-state index < -0.39 is 0 Å². The summed E-state index contributed by atoms with van der Waals surface area (Å²) in [5.74, 6) is 3.13. The number of hydrogen-bond acceptors (Lipinski definition) is 0. The van der Waals surface area contributed by atoms with Crippen LogP contribution in [0.25, 0.3) is 0 Å². The van der Waals surface area contributed by atoms with Crippen molar-refractivity contribution in [1.29, 1.82) is 0 Å². The zero-order valence-corrected chi connectivity index (χ0v) is 9.17. The zero-order valence-electron chi connectivity index (χ0n) is 9.17. The monoisotopic (exact) mass is 190 g/mol. The van der Waals surface area contributed by atoms with Gasteiger partial charge in [0.1, 0.15) is 0 Å². The second kappa shape index (κ2) is 3.72. The van der Waals surface area contributed by atoms with Crippen LogP contribution in [-0.4, -0.2) is 0 Å². The van der Waals surface area contributed by atoms with Crippen molar-refractivity contribution in [2.75, 3.05) is 0 Å². The molecule has 2 fully saturated rings. The van der Waals surface area contributed by atoms with E-state index in [4.69, 9.17) is 0 Å². The van der Waals surface area contributed by atoms with Crippen LogP contribution in [0.1, 0.15) is 57.8 Å². The van der Waals surface area contributed by atoms with E-state index in [1.807, 2.05) is 5.57 Å².